The average molecular weight is 229 g/mol. The molecule has 5 N–H and O–H groups in total. The van der Waals surface area contributed by atoms with E-state index in [1.165, 1.54) is 6.33 Å². The first kappa shape index (κ1) is 9.86. The maximum atomic E-state index is 11.8. The minimum atomic E-state index is -1.11. The van der Waals surface area contributed by atoms with Gasteiger partial charge in [0.1, 0.15) is 5.82 Å². The molecule has 2 heterocycles. The van der Waals surface area contributed by atoms with E-state index in [4.69, 9.17) is 5.73 Å². The number of hydrogen-bond acceptors (Lipinski definition) is 4. The van der Waals surface area contributed by atoms with Crippen molar-refractivity contribution in [3.8, 4) is 0 Å². The fourth-order valence-electron chi connectivity index (χ4n) is 1.87. The lowest BCUT2D eigenvalue weighted by Crippen LogP contribution is -2.61. The zero-order chi connectivity index (χ0) is 11.9. The number of carbonyl (C=O) groups excluding carboxylic acids is 1. The number of benzene rings is 1. The largest absolute Gasteiger partial charge is 0.331 e. The van der Waals surface area contributed by atoms with E-state index in [-0.39, 0.29) is 5.91 Å². The Kier molecular flexibility index (Phi) is 1.93. The third-order valence-corrected chi connectivity index (χ3v) is 2.72. The van der Waals surface area contributed by atoms with Crippen LogP contribution in [0.5, 0.6) is 0 Å². The Balaban J connectivity index is 2.05. The summed E-state index contributed by atoms with van der Waals surface area (Å²) in [5.41, 5.74) is 7.25. The molecule has 6 heteroatoms. The highest BCUT2D eigenvalue weighted by molar-refractivity contribution is 5.99. The number of nitrogens with one attached hydrogen (secondary N) is 3. The van der Waals surface area contributed by atoms with Crippen molar-refractivity contribution in [1.29, 1.82) is 0 Å². The number of H-pyrrole nitrogens is 1. The molecule has 0 spiro atoms. The van der Waals surface area contributed by atoms with Gasteiger partial charge < -0.3 is 15.6 Å². The minimum Gasteiger partial charge on any atom is -0.331 e. The summed E-state index contributed by atoms with van der Waals surface area (Å²) >= 11 is 0. The summed E-state index contributed by atoms with van der Waals surface area (Å²) in [6.45, 7) is 0. The molecule has 0 saturated heterocycles. The molecule has 6 nitrogen and oxygen atoms in total. The van der Waals surface area contributed by atoms with Crippen LogP contribution >= 0.6 is 0 Å². The Hall–Kier alpha value is -2.34. The third-order valence-electron chi connectivity index (χ3n) is 2.72. The van der Waals surface area contributed by atoms with Crippen LogP contribution in [-0.2, 0) is 5.79 Å². The van der Waals surface area contributed by atoms with Crippen molar-refractivity contribution >= 4 is 11.7 Å². The number of imidazole rings is 1. The summed E-state index contributed by atoms with van der Waals surface area (Å²) in [5.74, 6) is -0.885. The standard InChI is InChI=1S/C11H11N5O/c12-11(7-4-2-1-3-5-7)15-9-8(10(17)16-11)13-6-14-9/h1-6,15H,12H2,(H,13,14)(H,16,17). The Morgan fingerprint density at radius 2 is 1.94 bits per heavy atom. The second kappa shape index (κ2) is 3.33. The van der Waals surface area contributed by atoms with E-state index in [9.17, 15) is 4.79 Å². The van der Waals surface area contributed by atoms with Gasteiger partial charge in [-0.3, -0.25) is 10.5 Å². The summed E-state index contributed by atoms with van der Waals surface area (Å²) in [7, 11) is 0. The van der Waals surface area contributed by atoms with Gasteiger partial charge in [0, 0.05) is 5.56 Å². The Morgan fingerprint density at radius 3 is 2.71 bits per heavy atom. The van der Waals surface area contributed by atoms with Crippen LogP contribution in [0.2, 0.25) is 0 Å². The van der Waals surface area contributed by atoms with Gasteiger partial charge in [-0.2, -0.15) is 0 Å². The number of aromatic nitrogens is 2. The van der Waals surface area contributed by atoms with Crippen molar-refractivity contribution in [3.05, 3.63) is 47.9 Å². The Labute approximate surface area is 97.2 Å². The van der Waals surface area contributed by atoms with Gasteiger partial charge in [0.25, 0.3) is 5.91 Å². The summed E-state index contributed by atoms with van der Waals surface area (Å²) in [5, 5.41) is 5.72. The molecule has 0 aliphatic carbocycles. The molecular weight excluding hydrogens is 218 g/mol. The van der Waals surface area contributed by atoms with Gasteiger partial charge in [-0.05, 0) is 0 Å². The minimum absolute atomic E-state index is 0.300. The molecule has 1 atom stereocenters. The van der Waals surface area contributed by atoms with Gasteiger partial charge in [0.05, 0.1) is 6.33 Å². The number of anilines is 1. The number of amides is 1. The molecule has 17 heavy (non-hydrogen) atoms. The molecule has 1 aromatic heterocycles. The second-order valence-corrected chi connectivity index (χ2v) is 3.88. The first-order valence-electron chi connectivity index (χ1n) is 5.17. The zero-order valence-corrected chi connectivity index (χ0v) is 8.90. The van der Waals surface area contributed by atoms with Gasteiger partial charge in [-0.1, -0.05) is 30.3 Å². The fraction of sp³-hybridized carbons (Fsp3) is 0.0909. The topological polar surface area (TPSA) is 95.8 Å². The first-order chi connectivity index (χ1) is 8.19. The molecule has 1 aromatic carbocycles. The van der Waals surface area contributed by atoms with Crippen molar-refractivity contribution in [2.75, 3.05) is 5.32 Å². The number of aromatic amines is 1. The number of fused-ring (bicyclic) bond motifs is 1. The first-order valence-corrected chi connectivity index (χ1v) is 5.17. The van der Waals surface area contributed by atoms with Crippen LogP contribution in [0.4, 0.5) is 5.82 Å². The molecule has 1 unspecified atom stereocenters. The molecule has 86 valence electrons. The number of nitrogens with two attached hydrogens (primary N) is 1. The summed E-state index contributed by atoms with van der Waals surface area (Å²) in [4.78, 5) is 18.6. The van der Waals surface area contributed by atoms with E-state index in [1.54, 1.807) is 0 Å². The van der Waals surface area contributed by atoms with Crippen LogP contribution in [0.25, 0.3) is 0 Å². The lowest BCUT2D eigenvalue weighted by molar-refractivity contribution is 0.0896. The lowest BCUT2D eigenvalue weighted by atomic mass is 10.1. The average Bonchev–Trinajstić information content (AvgIpc) is 2.78. The molecule has 0 fully saturated rings. The zero-order valence-electron chi connectivity index (χ0n) is 8.90. The van der Waals surface area contributed by atoms with Crippen LogP contribution in [0, 0.1) is 0 Å². The van der Waals surface area contributed by atoms with Gasteiger partial charge in [0.15, 0.2) is 11.5 Å². The van der Waals surface area contributed by atoms with Gasteiger partial charge in [-0.25, -0.2) is 4.98 Å². The van der Waals surface area contributed by atoms with E-state index in [0.717, 1.165) is 5.56 Å². The predicted molar refractivity (Wildman–Crippen MR) is 62.0 cm³/mol. The van der Waals surface area contributed by atoms with E-state index < -0.39 is 5.79 Å². The van der Waals surface area contributed by atoms with Crippen molar-refractivity contribution in [2.45, 2.75) is 5.79 Å². The lowest BCUT2D eigenvalue weighted by Gasteiger charge is -2.35. The number of nitrogens with zero attached hydrogens (tertiary/aromatic N) is 1. The van der Waals surface area contributed by atoms with Crippen LogP contribution in [0.3, 0.4) is 0 Å². The molecule has 3 rings (SSSR count). The normalized spacial score (nSPS) is 22.5. The van der Waals surface area contributed by atoms with Crippen LogP contribution in [0.1, 0.15) is 16.1 Å². The summed E-state index contributed by atoms with van der Waals surface area (Å²) in [6, 6.07) is 9.29. The Morgan fingerprint density at radius 1 is 1.18 bits per heavy atom. The third kappa shape index (κ3) is 1.46. The number of carbonyl (C=O) groups is 1. The maximum absolute atomic E-state index is 11.8. The smallest absolute Gasteiger partial charge is 0.276 e. The van der Waals surface area contributed by atoms with Gasteiger partial charge >= 0.3 is 0 Å². The fourth-order valence-corrected chi connectivity index (χ4v) is 1.87. The van der Waals surface area contributed by atoms with Crippen LogP contribution in [0.15, 0.2) is 36.7 Å². The summed E-state index contributed by atoms with van der Waals surface area (Å²) in [6.07, 6.45) is 1.45. The van der Waals surface area contributed by atoms with E-state index in [2.05, 4.69) is 20.6 Å². The monoisotopic (exact) mass is 229 g/mol. The van der Waals surface area contributed by atoms with E-state index in [1.807, 2.05) is 30.3 Å². The number of rotatable bonds is 1. The van der Waals surface area contributed by atoms with Crippen LogP contribution < -0.4 is 16.4 Å². The molecule has 1 aliphatic heterocycles. The van der Waals surface area contributed by atoms with Crippen molar-refractivity contribution in [2.24, 2.45) is 5.73 Å². The molecule has 2 aromatic rings. The quantitative estimate of drug-likeness (QED) is 0.566. The molecule has 0 radical (unpaired) electrons. The SMILES string of the molecule is NC1(c2ccccc2)NC(=O)c2nc[nH]c2N1. The highest BCUT2D eigenvalue weighted by Gasteiger charge is 2.36. The van der Waals surface area contributed by atoms with Crippen LogP contribution in [-0.4, -0.2) is 15.9 Å². The maximum Gasteiger partial charge on any atom is 0.276 e. The molecular formula is C11H11N5O. The molecule has 0 saturated carbocycles. The predicted octanol–water partition coefficient (Wildman–Crippen LogP) is 0.334. The van der Waals surface area contributed by atoms with E-state index in [0.29, 0.717) is 11.5 Å². The second-order valence-electron chi connectivity index (χ2n) is 3.88. The summed E-state index contributed by atoms with van der Waals surface area (Å²) < 4.78 is 0. The van der Waals surface area contributed by atoms with Crippen molar-refractivity contribution < 1.29 is 4.79 Å². The Bertz CT molecular complexity index is 564. The molecule has 1 aliphatic rings. The highest BCUT2D eigenvalue weighted by atomic mass is 16.2. The van der Waals surface area contributed by atoms with Gasteiger partial charge in [0.2, 0.25) is 0 Å². The van der Waals surface area contributed by atoms with Crippen molar-refractivity contribution in [1.82, 2.24) is 15.3 Å². The van der Waals surface area contributed by atoms with E-state index >= 15 is 0 Å². The van der Waals surface area contributed by atoms with Crippen molar-refractivity contribution in [3.63, 3.8) is 0 Å². The number of hydrogen-bond donors (Lipinski definition) is 4. The molecule has 0 bridgehead atoms. The molecule has 1 amide bonds. The van der Waals surface area contributed by atoms with Gasteiger partial charge in [-0.15, -0.1) is 0 Å². The highest BCUT2D eigenvalue weighted by Crippen LogP contribution is 2.24.